The molecule has 0 spiro atoms. The van der Waals surface area contributed by atoms with Gasteiger partial charge >= 0.3 is 0 Å². The molecule has 1 fully saturated rings. The molecule has 0 radical (unpaired) electrons. The third-order valence-electron chi connectivity index (χ3n) is 3.24. The summed E-state index contributed by atoms with van der Waals surface area (Å²) in [4.78, 5) is 0. The van der Waals surface area contributed by atoms with Crippen LogP contribution in [-0.2, 0) is 9.47 Å². The van der Waals surface area contributed by atoms with Crippen LogP contribution in [0.5, 0.6) is 0 Å². The molecule has 4 nitrogen and oxygen atoms in total. The molecule has 0 aromatic rings. The van der Waals surface area contributed by atoms with Crippen molar-refractivity contribution in [1.29, 1.82) is 0 Å². The lowest BCUT2D eigenvalue weighted by Crippen LogP contribution is -2.23. The predicted octanol–water partition coefficient (Wildman–Crippen LogP) is 2.37. The fourth-order valence-corrected chi connectivity index (χ4v) is 1.31. The highest BCUT2D eigenvalue weighted by Gasteiger charge is 2.17. The van der Waals surface area contributed by atoms with Gasteiger partial charge in [-0.25, -0.2) is 0 Å². The van der Waals surface area contributed by atoms with Gasteiger partial charge in [-0.1, -0.05) is 20.3 Å². The first-order valence-electron chi connectivity index (χ1n) is 7.51. The maximum absolute atomic E-state index is 8.69. The zero-order chi connectivity index (χ0) is 14.7. The third kappa shape index (κ3) is 11.4. The van der Waals surface area contributed by atoms with E-state index in [1.54, 1.807) is 13.8 Å². The quantitative estimate of drug-likeness (QED) is 0.714. The fraction of sp³-hybridized carbons (Fsp3) is 1.00. The Morgan fingerprint density at radius 3 is 2.16 bits per heavy atom. The van der Waals surface area contributed by atoms with Crippen molar-refractivity contribution in [3.63, 3.8) is 0 Å². The van der Waals surface area contributed by atoms with Gasteiger partial charge in [0.15, 0.2) is 0 Å². The lowest BCUT2D eigenvalue weighted by molar-refractivity contribution is -0.0177. The van der Waals surface area contributed by atoms with E-state index in [9.17, 15) is 0 Å². The average Bonchev–Trinajstić information content (AvgIpc) is 2.34. The van der Waals surface area contributed by atoms with Crippen molar-refractivity contribution in [1.82, 2.24) is 0 Å². The second kappa shape index (κ2) is 11.6. The lowest BCUT2D eigenvalue weighted by atomic mass is 9.96. The first-order chi connectivity index (χ1) is 8.99. The summed E-state index contributed by atoms with van der Waals surface area (Å²) >= 11 is 0. The van der Waals surface area contributed by atoms with Crippen molar-refractivity contribution >= 4 is 0 Å². The third-order valence-corrected chi connectivity index (χ3v) is 3.24. The van der Waals surface area contributed by atoms with Gasteiger partial charge in [-0.15, -0.1) is 0 Å². The highest BCUT2D eigenvalue weighted by Crippen LogP contribution is 2.22. The molecule has 0 aromatic carbocycles. The van der Waals surface area contributed by atoms with Gasteiger partial charge in [-0.3, -0.25) is 0 Å². The molecule has 1 aliphatic carbocycles. The second-order valence-corrected chi connectivity index (χ2v) is 5.58. The fourth-order valence-electron chi connectivity index (χ4n) is 1.31. The second-order valence-electron chi connectivity index (χ2n) is 5.58. The summed E-state index contributed by atoms with van der Waals surface area (Å²) in [6.07, 6.45) is 5.23. The zero-order valence-corrected chi connectivity index (χ0v) is 13.0. The van der Waals surface area contributed by atoms with Crippen LogP contribution in [0.3, 0.4) is 0 Å². The van der Waals surface area contributed by atoms with Crippen LogP contribution >= 0.6 is 0 Å². The Balaban J connectivity index is 0.000000344. The van der Waals surface area contributed by atoms with Crippen molar-refractivity contribution in [3.05, 3.63) is 0 Å². The maximum Gasteiger partial charge on any atom is 0.0779 e. The van der Waals surface area contributed by atoms with E-state index >= 15 is 0 Å². The van der Waals surface area contributed by atoms with Crippen LogP contribution in [0.4, 0.5) is 0 Å². The summed E-state index contributed by atoms with van der Waals surface area (Å²) in [5.74, 6) is 0.751. The normalized spacial score (nSPS) is 19.9. The number of hydrogen-bond acceptors (Lipinski definition) is 4. The highest BCUT2D eigenvalue weighted by molar-refractivity contribution is 4.69. The van der Waals surface area contributed by atoms with E-state index in [0.29, 0.717) is 12.7 Å². The van der Waals surface area contributed by atoms with Crippen molar-refractivity contribution in [2.24, 2.45) is 5.92 Å². The van der Waals surface area contributed by atoms with Crippen molar-refractivity contribution < 1.29 is 19.7 Å². The van der Waals surface area contributed by atoms with Crippen LogP contribution in [0.15, 0.2) is 0 Å². The number of hydrogen-bond donors (Lipinski definition) is 2. The zero-order valence-electron chi connectivity index (χ0n) is 13.0. The molecule has 0 aromatic heterocycles. The van der Waals surface area contributed by atoms with Gasteiger partial charge in [0.05, 0.1) is 31.5 Å². The molecule has 3 atom stereocenters. The van der Waals surface area contributed by atoms with Crippen molar-refractivity contribution in [3.8, 4) is 0 Å². The number of aliphatic hydroxyl groups is 2. The van der Waals surface area contributed by atoms with Crippen LogP contribution in [-0.4, -0.2) is 48.3 Å². The highest BCUT2D eigenvalue weighted by atomic mass is 16.5. The average molecular weight is 276 g/mol. The lowest BCUT2D eigenvalue weighted by Gasteiger charge is -2.26. The number of rotatable bonds is 8. The van der Waals surface area contributed by atoms with E-state index in [-0.39, 0.29) is 12.7 Å². The molecule has 0 bridgehead atoms. The summed E-state index contributed by atoms with van der Waals surface area (Å²) in [5, 5.41) is 17.1. The van der Waals surface area contributed by atoms with Crippen LogP contribution in [0.1, 0.15) is 53.4 Å². The first kappa shape index (κ1) is 18.8. The van der Waals surface area contributed by atoms with Gasteiger partial charge in [-0.05, 0) is 39.0 Å². The van der Waals surface area contributed by atoms with Crippen LogP contribution in [0.2, 0.25) is 0 Å². The summed E-state index contributed by atoms with van der Waals surface area (Å²) in [5.41, 5.74) is 0. The SMILES string of the molecule is CC(O)COC(C)CO.CCC(C)COC1CCC1. The minimum Gasteiger partial charge on any atom is -0.394 e. The van der Waals surface area contributed by atoms with E-state index in [2.05, 4.69) is 13.8 Å². The summed E-state index contributed by atoms with van der Waals surface area (Å²) in [7, 11) is 0. The van der Waals surface area contributed by atoms with Gasteiger partial charge in [0.25, 0.3) is 0 Å². The summed E-state index contributed by atoms with van der Waals surface area (Å²) in [6, 6.07) is 0. The van der Waals surface area contributed by atoms with Gasteiger partial charge in [0.2, 0.25) is 0 Å². The van der Waals surface area contributed by atoms with Gasteiger partial charge in [-0.2, -0.15) is 0 Å². The van der Waals surface area contributed by atoms with E-state index in [4.69, 9.17) is 19.7 Å². The standard InChI is InChI=1S/C9H18O.C6H14O3/c1-3-8(2)7-10-9-5-4-6-9;1-5(8)4-9-6(2)3-7/h8-9H,3-7H2,1-2H3;5-8H,3-4H2,1-2H3. The topological polar surface area (TPSA) is 58.9 Å². The Labute approximate surface area is 118 Å². The number of ether oxygens (including phenoxy) is 2. The predicted molar refractivity (Wildman–Crippen MR) is 77.2 cm³/mol. The molecule has 2 N–H and O–H groups in total. The van der Waals surface area contributed by atoms with E-state index < -0.39 is 6.10 Å². The molecule has 1 aliphatic rings. The van der Waals surface area contributed by atoms with E-state index in [1.807, 2.05) is 0 Å². The Hall–Kier alpha value is -0.160. The molecule has 0 aliphatic heterocycles. The molecule has 4 heteroatoms. The van der Waals surface area contributed by atoms with Gasteiger partial charge in [0, 0.05) is 6.61 Å². The van der Waals surface area contributed by atoms with Gasteiger partial charge < -0.3 is 19.7 Å². The maximum atomic E-state index is 8.69. The van der Waals surface area contributed by atoms with Crippen molar-refractivity contribution in [2.75, 3.05) is 19.8 Å². The minimum absolute atomic E-state index is 0.00667. The first-order valence-corrected chi connectivity index (χ1v) is 7.51. The number of aliphatic hydroxyl groups excluding tert-OH is 2. The molecule has 19 heavy (non-hydrogen) atoms. The minimum atomic E-state index is -0.445. The Morgan fingerprint density at radius 2 is 1.79 bits per heavy atom. The summed E-state index contributed by atoms with van der Waals surface area (Å²) in [6.45, 7) is 9.13. The molecule has 0 saturated heterocycles. The van der Waals surface area contributed by atoms with Crippen LogP contribution in [0.25, 0.3) is 0 Å². The largest absolute Gasteiger partial charge is 0.394 e. The molecular weight excluding hydrogens is 244 g/mol. The van der Waals surface area contributed by atoms with E-state index in [1.165, 1.54) is 25.7 Å². The molecule has 1 rings (SSSR count). The van der Waals surface area contributed by atoms with Crippen LogP contribution in [0, 0.1) is 5.92 Å². The Kier molecular flexibility index (Phi) is 11.6. The molecule has 0 amide bonds. The summed E-state index contributed by atoms with van der Waals surface area (Å²) < 4.78 is 10.6. The Bertz CT molecular complexity index is 188. The molecule has 116 valence electrons. The van der Waals surface area contributed by atoms with Crippen molar-refractivity contribution in [2.45, 2.75) is 71.7 Å². The molecule has 0 heterocycles. The van der Waals surface area contributed by atoms with Gasteiger partial charge in [0.1, 0.15) is 0 Å². The Morgan fingerprint density at radius 1 is 1.16 bits per heavy atom. The molecular formula is C15H32O4. The van der Waals surface area contributed by atoms with Crippen LogP contribution < -0.4 is 0 Å². The molecule has 1 saturated carbocycles. The smallest absolute Gasteiger partial charge is 0.0779 e. The molecule has 3 unspecified atom stereocenters. The monoisotopic (exact) mass is 276 g/mol. The van der Waals surface area contributed by atoms with E-state index in [0.717, 1.165) is 12.5 Å².